The lowest BCUT2D eigenvalue weighted by atomic mass is 9.91. The lowest BCUT2D eigenvalue weighted by Gasteiger charge is -2.46. The third-order valence-electron chi connectivity index (χ3n) is 7.23. The zero-order chi connectivity index (χ0) is 25.1. The van der Waals surface area contributed by atoms with Crippen molar-refractivity contribution in [3.63, 3.8) is 0 Å². The number of anilines is 2. The molecular formula is C28H27N5O3. The number of aromatic nitrogens is 3. The number of benzene rings is 2. The van der Waals surface area contributed by atoms with Crippen LogP contribution >= 0.6 is 0 Å². The van der Waals surface area contributed by atoms with E-state index >= 15 is 0 Å². The highest BCUT2D eigenvalue weighted by Crippen LogP contribution is 2.46. The topological polar surface area (TPSA) is 91.6 Å². The van der Waals surface area contributed by atoms with Gasteiger partial charge in [0.2, 0.25) is 5.91 Å². The number of hydrogen-bond donors (Lipinski definition) is 1. The fourth-order valence-corrected chi connectivity index (χ4v) is 5.39. The molecular weight excluding hydrogens is 454 g/mol. The largest absolute Gasteiger partial charge is 0.465 e. The highest BCUT2D eigenvalue weighted by Gasteiger charge is 2.42. The Hall–Kier alpha value is -4.20. The van der Waals surface area contributed by atoms with Crippen LogP contribution in [0.25, 0.3) is 22.0 Å². The van der Waals surface area contributed by atoms with Crippen molar-refractivity contribution in [2.75, 3.05) is 9.80 Å². The summed E-state index contributed by atoms with van der Waals surface area (Å²) in [6, 6.07) is 14.8. The third kappa shape index (κ3) is 3.61. The summed E-state index contributed by atoms with van der Waals surface area (Å²) in [5.41, 5.74) is 5.44. The molecule has 0 radical (unpaired) electrons. The van der Waals surface area contributed by atoms with Gasteiger partial charge in [-0.05, 0) is 68.1 Å². The van der Waals surface area contributed by atoms with E-state index in [0.29, 0.717) is 17.4 Å². The number of hydrogen-bond acceptors (Lipinski definition) is 4. The van der Waals surface area contributed by atoms with Gasteiger partial charge in [-0.3, -0.25) is 19.4 Å². The van der Waals surface area contributed by atoms with E-state index < -0.39 is 18.2 Å². The maximum absolute atomic E-state index is 12.9. The second kappa shape index (κ2) is 8.19. The summed E-state index contributed by atoms with van der Waals surface area (Å²) >= 11 is 0. The summed E-state index contributed by atoms with van der Waals surface area (Å²) in [7, 11) is 0. The molecule has 0 spiro atoms. The Kier molecular flexibility index (Phi) is 5.07. The van der Waals surface area contributed by atoms with Crippen molar-refractivity contribution in [3.8, 4) is 11.1 Å². The molecule has 1 aliphatic heterocycles. The zero-order valence-electron chi connectivity index (χ0n) is 20.4. The number of carboxylic acid groups (broad SMARTS) is 1. The minimum atomic E-state index is -1.07. The maximum atomic E-state index is 12.9. The molecule has 8 heteroatoms. The molecule has 0 saturated heterocycles. The summed E-state index contributed by atoms with van der Waals surface area (Å²) in [4.78, 5) is 33.3. The second-order valence-corrected chi connectivity index (χ2v) is 9.78. The minimum absolute atomic E-state index is 0.133. The molecule has 2 aliphatic rings. The standard InChI is InChI=1S/C28H27N5O3/c1-16-4-5-20-12-21(6-10-24(20)30-16)27-17(2)32(18(3)34)25-11-7-19(13-26(25)33(27)28(35)36)22-14-29-31(15-22)23-8-9-23/h4-7,10-15,17,23,27H,8-9H2,1-3H3,(H,35,36)/t17-,27?/m0/s1. The van der Waals surface area contributed by atoms with E-state index in [1.54, 1.807) is 4.90 Å². The summed E-state index contributed by atoms with van der Waals surface area (Å²) in [5, 5.41) is 15.9. The SMILES string of the molecule is CC(=O)N1c2ccc(-c3cnn(C4CC4)c3)cc2N(C(=O)O)C(c2ccc3nc(C)ccc3c2)[C@@H]1C. The predicted octanol–water partition coefficient (Wildman–Crippen LogP) is 5.72. The minimum Gasteiger partial charge on any atom is -0.465 e. The van der Waals surface area contributed by atoms with Crippen LogP contribution < -0.4 is 9.80 Å². The van der Waals surface area contributed by atoms with Crippen LogP contribution in [0, 0.1) is 6.92 Å². The van der Waals surface area contributed by atoms with E-state index in [1.165, 1.54) is 11.8 Å². The van der Waals surface area contributed by atoms with Crippen LogP contribution in [0.4, 0.5) is 16.2 Å². The third-order valence-corrected chi connectivity index (χ3v) is 7.23. The van der Waals surface area contributed by atoms with Crippen LogP contribution in [-0.4, -0.2) is 37.9 Å². The summed E-state index contributed by atoms with van der Waals surface area (Å²) in [6.45, 7) is 5.36. The molecule has 0 bridgehead atoms. The van der Waals surface area contributed by atoms with Crippen molar-refractivity contribution in [2.24, 2.45) is 0 Å². The molecule has 1 aliphatic carbocycles. The Morgan fingerprint density at radius 1 is 0.972 bits per heavy atom. The fourth-order valence-electron chi connectivity index (χ4n) is 5.39. The quantitative estimate of drug-likeness (QED) is 0.404. The summed E-state index contributed by atoms with van der Waals surface area (Å²) in [6.07, 6.45) is 5.02. The molecule has 2 amide bonds. The van der Waals surface area contributed by atoms with Crippen LogP contribution in [-0.2, 0) is 4.79 Å². The Morgan fingerprint density at radius 3 is 2.50 bits per heavy atom. The van der Waals surface area contributed by atoms with Gasteiger partial charge in [0.1, 0.15) is 0 Å². The van der Waals surface area contributed by atoms with Gasteiger partial charge < -0.3 is 10.0 Å². The first-order valence-corrected chi connectivity index (χ1v) is 12.2. The first-order valence-electron chi connectivity index (χ1n) is 12.2. The molecule has 8 nitrogen and oxygen atoms in total. The molecule has 3 heterocycles. The van der Waals surface area contributed by atoms with Gasteiger partial charge in [-0.1, -0.05) is 18.2 Å². The molecule has 4 aromatic rings. The highest BCUT2D eigenvalue weighted by atomic mass is 16.4. The van der Waals surface area contributed by atoms with Crippen molar-refractivity contribution >= 4 is 34.3 Å². The Bertz CT molecular complexity index is 1520. The number of carbonyl (C=O) groups is 2. The van der Waals surface area contributed by atoms with Crippen LogP contribution in [0.3, 0.4) is 0 Å². The van der Waals surface area contributed by atoms with E-state index in [-0.39, 0.29) is 5.91 Å². The zero-order valence-corrected chi connectivity index (χ0v) is 20.4. The van der Waals surface area contributed by atoms with Gasteiger partial charge in [0, 0.05) is 29.8 Å². The van der Waals surface area contributed by atoms with Crippen molar-refractivity contribution in [2.45, 2.75) is 51.7 Å². The van der Waals surface area contributed by atoms with Crippen LogP contribution in [0.5, 0.6) is 0 Å². The van der Waals surface area contributed by atoms with Gasteiger partial charge in [-0.25, -0.2) is 4.79 Å². The number of amides is 2. The number of carbonyl (C=O) groups excluding carboxylic acids is 1. The number of aryl methyl sites for hydroxylation is 1. The van der Waals surface area contributed by atoms with Crippen LogP contribution in [0.1, 0.15) is 50.0 Å². The molecule has 1 N–H and O–H groups in total. The number of pyridine rings is 1. The normalized spacial score (nSPS) is 19.4. The van der Waals surface area contributed by atoms with E-state index in [0.717, 1.165) is 46.1 Å². The molecule has 36 heavy (non-hydrogen) atoms. The van der Waals surface area contributed by atoms with Crippen LogP contribution in [0.15, 0.2) is 60.9 Å². The van der Waals surface area contributed by atoms with E-state index in [1.807, 2.05) is 79.5 Å². The molecule has 2 atom stereocenters. The van der Waals surface area contributed by atoms with Gasteiger partial charge >= 0.3 is 6.09 Å². The Morgan fingerprint density at radius 2 is 1.78 bits per heavy atom. The van der Waals surface area contributed by atoms with E-state index in [2.05, 4.69) is 10.1 Å². The first-order chi connectivity index (χ1) is 17.3. The van der Waals surface area contributed by atoms with E-state index in [4.69, 9.17) is 0 Å². The molecule has 6 rings (SSSR count). The van der Waals surface area contributed by atoms with Gasteiger partial charge in [-0.15, -0.1) is 0 Å². The maximum Gasteiger partial charge on any atom is 0.412 e. The molecule has 1 fully saturated rings. The molecule has 2 aromatic heterocycles. The van der Waals surface area contributed by atoms with Gasteiger partial charge in [0.15, 0.2) is 0 Å². The lowest BCUT2D eigenvalue weighted by Crippen LogP contribution is -2.53. The van der Waals surface area contributed by atoms with Crippen LogP contribution in [0.2, 0.25) is 0 Å². The highest BCUT2D eigenvalue weighted by molar-refractivity contribution is 6.03. The molecule has 182 valence electrons. The van der Waals surface area contributed by atoms with Crippen molar-refractivity contribution in [1.29, 1.82) is 0 Å². The fraction of sp³-hybridized carbons (Fsp3) is 0.286. The Labute approximate surface area is 208 Å². The average molecular weight is 482 g/mol. The molecule has 1 saturated carbocycles. The van der Waals surface area contributed by atoms with Crippen molar-refractivity contribution in [3.05, 3.63) is 72.2 Å². The second-order valence-electron chi connectivity index (χ2n) is 9.78. The first kappa shape index (κ1) is 22.3. The van der Waals surface area contributed by atoms with E-state index in [9.17, 15) is 14.7 Å². The average Bonchev–Trinajstić information content (AvgIpc) is 3.58. The van der Waals surface area contributed by atoms with Crippen molar-refractivity contribution < 1.29 is 14.7 Å². The predicted molar refractivity (Wildman–Crippen MR) is 138 cm³/mol. The smallest absolute Gasteiger partial charge is 0.412 e. The Balaban J connectivity index is 1.50. The molecule has 2 aromatic carbocycles. The number of fused-ring (bicyclic) bond motifs is 2. The molecule has 1 unspecified atom stereocenters. The van der Waals surface area contributed by atoms with Gasteiger partial charge in [0.25, 0.3) is 0 Å². The van der Waals surface area contributed by atoms with Gasteiger partial charge in [-0.2, -0.15) is 5.10 Å². The lowest BCUT2D eigenvalue weighted by molar-refractivity contribution is -0.117. The number of nitrogens with zero attached hydrogens (tertiary/aromatic N) is 5. The number of rotatable bonds is 3. The van der Waals surface area contributed by atoms with Gasteiger partial charge in [0.05, 0.1) is 41.2 Å². The summed E-state index contributed by atoms with van der Waals surface area (Å²) in [5.74, 6) is -0.133. The van der Waals surface area contributed by atoms with Crippen molar-refractivity contribution in [1.82, 2.24) is 14.8 Å². The summed E-state index contributed by atoms with van der Waals surface area (Å²) < 4.78 is 1.97. The monoisotopic (exact) mass is 481 g/mol.